The third-order valence-electron chi connectivity index (χ3n) is 3.49. The molecule has 0 bridgehead atoms. The van der Waals surface area contributed by atoms with Crippen molar-refractivity contribution in [3.05, 3.63) is 64.7 Å². The predicted octanol–water partition coefficient (Wildman–Crippen LogP) is 3.24. The Labute approximate surface area is 129 Å². The van der Waals surface area contributed by atoms with Crippen molar-refractivity contribution in [3.8, 4) is 5.75 Å². The summed E-state index contributed by atoms with van der Waals surface area (Å²) < 4.78 is 10.3. The van der Waals surface area contributed by atoms with Gasteiger partial charge in [-0.15, -0.1) is 0 Å². The fourth-order valence-electron chi connectivity index (χ4n) is 2.18. The zero-order valence-electron chi connectivity index (χ0n) is 12.9. The van der Waals surface area contributed by atoms with E-state index in [-0.39, 0.29) is 6.61 Å². The van der Waals surface area contributed by atoms with Gasteiger partial charge < -0.3 is 9.47 Å². The highest BCUT2D eigenvalue weighted by Gasteiger charge is 2.21. The van der Waals surface area contributed by atoms with Gasteiger partial charge in [0.1, 0.15) is 12.4 Å². The largest absolute Gasteiger partial charge is 0.489 e. The van der Waals surface area contributed by atoms with E-state index in [4.69, 9.17) is 4.74 Å². The van der Waals surface area contributed by atoms with E-state index in [0.29, 0.717) is 11.1 Å². The molecule has 2 aromatic rings. The molecule has 0 aromatic heterocycles. The summed E-state index contributed by atoms with van der Waals surface area (Å²) in [4.78, 5) is 23.6. The third kappa shape index (κ3) is 3.34. The van der Waals surface area contributed by atoms with Gasteiger partial charge >= 0.3 is 5.97 Å². The number of ether oxygens (including phenoxy) is 2. The van der Waals surface area contributed by atoms with Crippen molar-refractivity contribution in [2.45, 2.75) is 20.5 Å². The zero-order chi connectivity index (χ0) is 16.1. The maximum atomic E-state index is 12.1. The molecule has 0 saturated heterocycles. The van der Waals surface area contributed by atoms with E-state index in [0.717, 1.165) is 16.9 Å². The van der Waals surface area contributed by atoms with E-state index in [1.165, 1.54) is 7.11 Å². The molecule has 114 valence electrons. The third-order valence-corrected chi connectivity index (χ3v) is 3.49. The summed E-state index contributed by atoms with van der Waals surface area (Å²) >= 11 is 0. The molecule has 0 radical (unpaired) electrons. The summed E-state index contributed by atoms with van der Waals surface area (Å²) in [5.41, 5.74) is 2.92. The van der Waals surface area contributed by atoms with Crippen molar-refractivity contribution >= 4 is 11.8 Å². The minimum Gasteiger partial charge on any atom is -0.489 e. The molecule has 0 amide bonds. The normalized spacial score (nSPS) is 10.1. The molecule has 0 saturated carbocycles. The van der Waals surface area contributed by atoms with Crippen molar-refractivity contribution < 1.29 is 19.1 Å². The number of hydrogen-bond donors (Lipinski definition) is 0. The average molecular weight is 298 g/mol. The van der Waals surface area contributed by atoms with Crippen LogP contribution in [0, 0.1) is 13.8 Å². The number of Topliss-reactive ketones (excluding diaryl/α,β-unsaturated/α-hetero) is 1. The molecule has 0 spiro atoms. The lowest BCUT2D eigenvalue weighted by molar-refractivity contribution is -0.135. The molecule has 0 aliphatic rings. The first-order chi connectivity index (χ1) is 10.5. The SMILES string of the molecule is COC(=O)C(=O)c1cccc(C)c1COc1ccccc1C. The van der Waals surface area contributed by atoms with Crippen molar-refractivity contribution in [1.29, 1.82) is 0 Å². The number of benzene rings is 2. The number of ketones is 1. The van der Waals surface area contributed by atoms with Crippen molar-refractivity contribution in [3.63, 3.8) is 0 Å². The Balaban J connectivity index is 2.29. The Morgan fingerprint density at radius 1 is 0.955 bits per heavy atom. The quantitative estimate of drug-likeness (QED) is 0.483. The number of carbonyl (C=O) groups is 2. The molecule has 4 heteroatoms. The van der Waals surface area contributed by atoms with Crippen molar-refractivity contribution in [2.24, 2.45) is 0 Å². The molecule has 22 heavy (non-hydrogen) atoms. The molecular formula is C18H18O4. The molecule has 0 aliphatic heterocycles. The maximum Gasteiger partial charge on any atom is 0.379 e. The number of methoxy groups -OCH3 is 1. The van der Waals surface area contributed by atoms with Gasteiger partial charge in [-0.05, 0) is 31.0 Å². The van der Waals surface area contributed by atoms with E-state index in [1.54, 1.807) is 12.1 Å². The van der Waals surface area contributed by atoms with Crippen molar-refractivity contribution in [1.82, 2.24) is 0 Å². The van der Waals surface area contributed by atoms with Crippen LogP contribution in [-0.4, -0.2) is 18.9 Å². The average Bonchev–Trinajstić information content (AvgIpc) is 2.53. The predicted molar refractivity (Wildman–Crippen MR) is 83.0 cm³/mol. The number of para-hydroxylation sites is 1. The van der Waals surface area contributed by atoms with Gasteiger partial charge in [0.15, 0.2) is 0 Å². The van der Waals surface area contributed by atoms with Crippen LogP contribution < -0.4 is 4.74 Å². The summed E-state index contributed by atoms with van der Waals surface area (Å²) in [6, 6.07) is 12.9. The van der Waals surface area contributed by atoms with Crippen LogP contribution in [0.15, 0.2) is 42.5 Å². The van der Waals surface area contributed by atoms with Gasteiger partial charge in [0.05, 0.1) is 7.11 Å². The Morgan fingerprint density at radius 2 is 1.64 bits per heavy atom. The molecule has 0 N–H and O–H groups in total. The summed E-state index contributed by atoms with van der Waals surface area (Å²) in [5.74, 6) is -0.778. The monoisotopic (exact) mass is 298 g/mol. The maximum absolute atomic E-state index is 12.1. The van der Waals surface area contributed by atoms with Crippen LogP contribution in [0.1, 0.15) is 27.0 Å². The van der Waals surface area contributed by atoms with E-state index in [1.807, 2.05) is 44.2 Å². The first-order valence-electron chi connectivity index (χ1n) is 6.94. The second-order valence-corrected chi connectivity index (χ2v) is 4.98. The van der Waals surface area contributed by atoms with E-state index < -0.39 is 11.8 Å². The Kier molecular flexibility index (Phi) is 4.94. The fraction of sp³-hybridized carbons (Fsp3) is 0.222. The van der Waals surface area contributed by atoms with Gasteiger partial charge in [0, 0.05) is 11.1 Å². The number of hydrogen-bond acceptors (Lipinski definition) is 4. The van der Waals surface area contributed by atoms with Gasteiger partial charge in [-0.3, -0.25) is 4.79 Å². The number of rotatable bonds is 5. The van der Waals surface area contributed by atoms with E-state index in [2.05, 4.69) is 4.74 Å². The van der Waals surface area contributed by atoms with Gasteiger partial charge in [-0.1, -0.05) is 36.4 Å². The molecule has 4 nitrogen and oxygen atoms in total. The number of esters is 1. The highest BCUT2D eigenvalue weighted by atomic mass is 16.5. The zero-order valence-corrected chi connectivity index (χ0v) is 12.9. The summed E-state index contributed by atoms with van der Waals surface area (Å²) in [6.07, 6.45) is 0. The lowest BCUT2D eigenvalue weighted by Gasteiger charge is -2.13. The van der Waals surface area contributed by atoms with Gasteiger partial charge in [0.25, 0.3) is 5.78 Å². The van der Waals surface area contributed by atoms with Crippen LogP contribution in [0.2, 0.25) is 0 Å². The van der Waals surface area contributed by atoms with Gasteiger partial charge in [0.2, 0.25) is 0 Å². The summed E-state index contributed by atoms with van der Waals surface area (Å²) in [7, 11) is 1.19. The Hall–Kier alpha value is -2.62. The second kappa shape index (κ2) is 6.89. The summed E-state index contributed by atoms with van der Waals surface area (Å²) in [5, 5.41) is 0. The smallest absolute Gasteiger partial charge is 0.379 e. The molecule has 0 heterocycles. The minimum absolute atomic E-state index is 0.218. The first kappa shape index (κ1) is 15.8. The van der Waals surface area contributed by atoms with Gasteiger partial charge in [-0.25, -0.2) is 4.79 Å². The van der Waals surface area contributed by atoms with Crippen LogP contribution in [0.5, 0.6) is 5.75 Å². The molecule has 2 rings (SSSR count). The fourth-order valence-corrected chi connectivity index (χ4v) is 2.18. The molecule has 2 aromatic carbocycles. The molecule has 0 atom stereocenters. The highest BCUT2D eigenvalue weighted by molar-refractivity contribution is 6.41. The number of carbonyl (C=O) groups excluding carboxylic acids is 2. The van der Waals surface area contributed by atoms with Crippen LogP contribution >= 0.6 is 0 Å². The van der Waals surface area contributed by atoms with Gasteiger partial charge in [-0.2, -0.15) is 0 Å². The topological polar surface area (TPSA) is 52.6 Å². The highest BCUT2D eigenvalue weighted by Crippen LogP contribution is 2.21. The van der Waals surface area contributed by atoms with Crippen LogP contribution in [0.3, 0.4) is 0 Å². The standard InChI is InChI=1S/C18H18O4/c1-12-8-6-9-14(17(19)18(20)21-3)15(12)11-22-16-10-5-4-7-13(16)2/h4-10H,11H2,1-3H3. The molecule has 0 aliphatic carbocycles. The van der Waals surface area contributed by atoms with Crippen LogP contribution in [0.4, 0.5) is 0 Å². The Bertz CT molecular complexity index is 704. The van der Waals surface area contributed by atoms with E-state index >= 15 is 0 Å². The lowest BCUT2D eigenvalue weighted by atomic mass is 9.99. The minimum atomic E-state index is -0.872. The number of aryl methyl sites for hydroxylation is 2. The van der Waals surface area contributed by atoms with Crippen molar-refractivity contribution in [2.75, 3.05) is 7.11 Å². The lowest BCUT2D eigenvalue weighted by Crippen LogP contribution is -2.18. The Morgan fingerprint density at radius 3 is 2.32 bits per heavy atom. The first-order valence-corrected chi connectivity index (χ1v) is 6.94. The van der Waals surface area contributed by atoms with Crippen LogP contribution in [0.25, 0.3) is 0 Å². The summed E-state index contributed by atoms with van der Waals surface area (Å²) in [6.45, 7) is 4.05. The second-order valence-electron chi connectivity index (χ2n) is 4.98. The molecule has 0 fully saturated rings. The van der Waals surface area contributed by atoms with Crippen LogP contribution in [-0.2, 0) is 16.1 Å². The van der Waals surface area contributed by atoms with E-state index in [9.17, 15) is 9.59 Å². The molecular weight excluding hydrogens is 280 g/mol. The molecule has 0 unspecified atom stereocenters.